The lowest BCUT2D eigenvalue weighted by atomic mass is 10.1. The molecular weight excluding hydrogens is 356 g/mol. The first-order valence-electron chi connectivity index (χ1n) is 8.18. The molecule has 2 aromatic rings. The molecule has 0 heterocycles. The van der Waals surface area contributed by atoms with E-state index in [4.69, 9.17) is 0 Å². The lowest BCUT2D eigenvalue weighted by molar-refractivity contribution is -0.0504. The van der Waals surface area contributed by atoms with Gasteiger partial charge in [-0.2, -0.15) is 8.78 Å². The molecule has 2 rings (SSSR count). The second-order valence-corrected chi connectivity index (χ2v) is 5.45. The Morgan fingerprint density at radius 2 is 1.74 bits per heavy atom. The van der Waals surface area contributed by atoms with Crippen LogP contribution in [0.3, 0.4) is 0 Å². The summed E-state index contributed by atoms with van der Waals surface area (Å²) in [7, 11) is 2.94. The van der Waals surface area contributed by atoms with Gasteiger partial charge in [-0.05, 0) is 23.8 Å². The summed E-state index contributed by atoms with van der Waals surface area (Å²) >= 11 is 0. The van der Waals surface area contributed by atoms with Gasteiger partial charge in [0.2, 0.25) is 0 Å². The van der Waals surface area contributed by atoms with Gasteiger partial charge in [0.05, 0.1) is 12.7 Å². The largest absolute Gasteiger partial charge is 0.465 e. The van der Waals surface area contributed by atoms with Crippen LogP contribution in [-0.2, 0) is 17.8 Å². The molecule has 0 aliphatic heterocycles. The summed E-state index contributed by atoms with van der Waals surface area (Å²) in [5.74, 6) is 0.226. The minimum Gasteiger partial charge on any atom is -0.465 e. The number of carbonyl (C=O) groups is 1. The standard InChI is InChI=1S/C19H21F2N3O3/c1-22-19(23-11-13-7-9-14(10-8-13)17(25)26-2)24-12-15-5-3-4-6-16(15)27-18(20)21/h3-10,18H,11-12H2,1-2H3,(H2,22,23,24). The highest BCUT2D eigenvalue weighted by Crippen LogP contribution is 2.19. The summed E-state index contributed by atoms with van der Waals surface area (Å²) in [4.78, 5) is 15.5. The van der Waals surface area contributed by atoms with Crippen molar-refractivity contribution in [3.8, 4) is 5.75 Å². The highest BCUT2D eigenvalue weighted by molar-refractivity contribution is 5.89. The van der Waals surface area contributed by atoms with Crippen LogP contribution in [-0.4, -0.2) is 32.7 Å². The number of aliphatic imine (C=N–C) groups is 1. The lowest BCUT2D eigenvalue weighted by Gasteiger charge is -2.14. The minimum atomic E-state index is -2.88. The van der Waals surface area contributed by atoms with Gasteiger partial charge in [-0.3, -0.25) is 4.99 Å². The van der Waals surface area contributed by atoms with E-state index in [9.17, 15) is 13.6 Å². The van der Waals surface area contributed by atoms with Crippen molar-refractivity contribution in [1.29, 1.82) is 0 Å². The first-order chi connectivity index (χ1) is 13.0. The van der Waals surface area contributed by atoms with E-state index >= 15 is 0 Å². The number of benzene rings is 2. The monoisotopic (exact) mass is 377 g/mol. The molecular formula is C19H21F2N3O3. The van der Waals surface area contributed by atoms with Crippen molar-refractivity contribution in [2.45, 2.75) is 19.7 Å². The molecule has 0 atom stereocenters. The molecule has 0 fully saturated rings. The summed E-state index contributed by atoms with van der Waals surface area (Å²) in [5, 5.41) is 6.16. The maximum absolute atomic E-state index is 12.5. The third-order valence-electron chi connectivity index (χ3n) is 3.69. The molecule has 2 N–H and O–H groups in total. The maximum Gasteiger partial charge on any atom is 0.387 e. The molecule has 0 aromatic heterocycles. The van der Waals surface area contributed by atoms with Crippen LogP contribution in [0.1, 0.15) is 21.5 Å². The molecule has 0 saturated heterocycles. The van der Waals surface area contributed by atoms with Gasteiger partial charge in [0.25, 0.3) is 0 Å². The van der Waals surface area contributed by atoms with Crippen LogP contribution < -0.4 is 15.4 Å². The molecule has 0 aliphatic carbocycles. The van der Waals surface area contributed by atoms with Crippen molar-refractivity contribution >= 4 is 11.9 Å². The molecule has 0 bridgehead atoms. The predicted octanol–water partition coefficient (Wildman–Crippen LogP) is 2.94. The number of guanidine groups is 1. The second kappa shape index (κ2) is 10.1. The quantitative estimate of drug-likeness (QED) is 0.441. The molecule has 0 saturated carbocycles. The molecule has 0 amide bonds. The van der Waals surface area contributed by atoms with Crippen molar-refractivity contribution in [1.82, 2.24) is 10.6 Å². The third kappa shape index (κ3) is 6.25. The van der Waals surface area contributed by atoms with Crippen LogP contribution in [0.2, 0.25) is 0 Å². The fraction of sp³-hybridized carbons (Fsp3) is 0.263. The van der Waals surface area contributed by atoms with E-state index in [1.165, 1.54) is 13.2 Å². The number of halogens is 2. The lowest BCUT2D eigenvalue weighted by Crippen LogP contribution is -2.36. The Labute approximate surface area is 156 Å². The number of nitrogens with zero attached hydrogens (tertiary/aromatic N) is 1. The number of alkyl halides is 2. The molecule has 144 valence electrons. The number of hydrogen-bond acceptors (Lipinski definition) is 4. The van der Waals surface area contributed by atoms with E-state index < -0.39 is 12.6 Å². The Balaban J connectivity index is 1.90. The number of ether oxygens (including phenoxy) is 2. The van der Waals surface area contributed by atoms with Gasteiger partial charge >= 0.3 is 12.6 Å². The number of rotatable bonds is 7. The third-order valence-corrected chi connectivity index (χ3v) is 3.69. The fourth-order valence-corrected chi connectivity index (χ4v) is 2.32. The minimum absolute atomic E-state index is 0.119. The summed E-state index contributed by atoms with van der Waals surface area (Å²) in [6.07, 6.45) is 0. The topological polar surface area (TPSA) is 72.0 Å². The van der Waals surface area contributed by atoms with Crippen molar-refractivity contribution < 1.29 is 23.0 Å². The summed E-state index contributed by atoms with van der Waals surface area (Å²) < 4.78 is 34.1. The molecule has 2 aromatic carbocycles. The van der Waals surface area contributed by atoms with Gasteiger partial charge in [0.1, 0.15) is 5.75 Å². The predicted molar refractivity (Wildman–Crippen MR) is 97.9 cm³/mol. The molecule has 0 radical (unpaired) electrons. The Kier molecular flexibility index (Phi) is 7.54. The molecule has 0 aliphatic rings. The SMILES string of the molecule is CN=C(NCc1ccc(C(=O)OC)cc1)NCc1ccccc1OC(F)F. The normalized spacial score (nSPS) is 11.2. The van der Waals surface area contributed by atoms with Gasteiger partial charge in [0, 0.05) is 25.7 Å². The van der Waals surface area contributed by atoms with Crippen molar-refractivity contribution in [3.05, 3.63) is 65.2 Å². The number of esters is 1. The van der Waals surface area contributed by atoms with Crippen molar-refractivity contribution in [2.75, 3.05) is 14.2 Å². The van der Waals surface area contributed by atoms with Gasteiger partial charge in [-0.25, -0.2) is 4.79 Å². The van der Waals surface area contributed by atoms with E-state index in [1.54, 1.807) is 49.5 Å². The van der Waals surface area contributed by atoms with Crippen LogP contribution in [0.4, 0.5) is 8.78 Å². The van der Waals surface area contributed by atoms with Crippen LogP contribution in [0.25, 0.3) is 0 Å². The summed E-state index contributed by atoms with van der Waals surface area (Å²) in [6.45, 7) is -2.14. The van der Waals surface area contributed by atoms with E-state index in [0.29, 0.717) is 23.6 Å². The van der Waals surface area contributed by atoms with E-state index in [1.807, 2.05) is 0 Å². The average Bonchev–Trinajstić information content (AvgIpc) is 2.68. The second-order valence-electron chi connectivity index (χ2n) is 5.45. The summed E-state index contributed by atoms with van der Waals surface area (Å²) in [5.41, 5.74) is 2.00. The zero-order valence-corrected chi connectivity index (χ0v) is 15.0. The highest BCUT2D eigenvalue weighted by Gasteiger charge is 2.09. The molecule has 0 spiro atoms. The number of para-hydroxylation sites is 1. The first kappa shape index (κ1) is 20.2. The van der Waals surface area contributed by atoms with Crippen molar-refractivity contribution in [2.24, 2.45) is 4.99 Å². The Morgan fingerprint density at radius 1 is 1.07 bits per heavy atom. The number of hydrogen-bond donors (Lipinski definition) is 2. The molecule has 0 unspecified atom stereocenters. The number of methoxy groups -OCH3 is 1. The Morgan fingerprint density at radius 3 is 2.37 bits per heavy atom. The van der Waals surface area contributed by atoms with E-state index in [-0.39, 0.29) is 12.3 Å². The zero-order chi connectivity index (χ0) is 19.6. The van der Waals surface area contributed by atoms with E-state index in [0.717, 1.165) is 5.56 Å². The van der Waals surface area contributed by atoms with Gasteiger partial charge in [0.15, 0.2) is 5.96 Å². The zero-order valence-electron chi connectivity index (χ0n) is 15.0. The molecule has 8 heteroatoms. The van der Waals surface area contributed by atoms with Crippen LogP contribution >= 0.6 is 0 Å². The first-order valence-corrected chi connectivity index (χ1v) is 8.18. The van der Waals surface area contributed by atoms with Crippen LogP contribution in [0, 0.1) is 0 Å². The molecule has 27 heavy (non-hydrogen) atoms. The number of carbonyl (C=O) groups excluding carboxylic acids is 1. The maximum atomic E-state index is 12.5. The highest BCUT2D eigenvalue weighted by atomic mass is 19.3. The van der Waals surface area contributed by atoms with Gasteiger partial charge < -0.3 is 20.1 Å². The Bertz CT molecular complexity index is 780. The van der Waals surface area contributed by atoms with E-state index in [2.05, 4.69) is 25.1 Å². The van der Waals surface area contributed by atoms with Gasteiger partial charge in [-0.15, -0.1) is 0 Å². The molecule has 6 nitrogen and oxygen atoms in total. The number of nitrogens with one attached hydrogen (secondary N) is 2. The van der Waals surface area contributed by atoms with Crippen LogP contribution in [0.15, 0.2) is 53.5 Å². The average molecular weight is 377 g/mol. The summed E-state index contributed by atoms with van der Waals surface area (Å²) in [6, 6.07) is 13.5. The smallest absolute Gasteiger partial charge is 0.387 e. The van der Waals surface area contributed by atoms with Gasteiger partial charge in [-0.1, -0.05) is 30.3 Å². The Hall–Kier alpha value is -3.16. The van der Waals surface area contributed by atoms with Crippen molar-refractivity contribution in [3.63, 3.8) is 0 Å². The van der Waals surface area contributed by atoms with Crippen LogP contribution in [0.5, 0.6) is 5.75 Å². The fourth-order valence-electron chi connectivity index (χ4n) is 2.32.